The normalized spacial score (nSPS) is 17.9. The van der Waals surface area contributed by atoms with E-state index in [2.05, 4.69) is 98.1 Å². The van der Waals surface area contributed by atoms with Crippen molar-refractivity contribution < 1.29 is 0 Å². The van der Waals surface area contributed by atoms with E-state index < -0.39 is 0 Å². The summed E-state index contributed by atoms with van der Waals surface area (Å²) in [5.74, 6) is 1.06. The molecule has 3 aromatic carbocycles. The molecule has 0 N–H and O–H groups in total. The number of benzene rings is 3. The fourth-order valence-corrected chi connectivity index (χ4v) is 5.05. The Morgan fingerprint density at radius 1 is 0.800 bits per heavy atom. The number of hydrogen-bond donors (Lipinski definition) is 0. The van der Waals surface area contributed by atoms with Crippen LogP contribution in [0.5, 0.6) is 0 Å². The first-order valence-electron chi connectivity index (χ1n) is 8.73. The van der Waals surface area contributed by atoms with Gasteiger partial charge in [-0.15, -0.1) is 0 Å². The van der Waals surface area contributed by atoms with Crippen LogP contribution in [0.3, 0.4) is 0 Å². The summed E-state index contributed by atoms with van der Waals surface area (Å²) < 4.78 is 0. The van der Waals surface area contributed by atoms with Crippen molar-refractivity contribution in [3.63, 3.8) is 0 Å². The number of aliphatic imine (C=N–C) groups is 1. The molecule has 0 fully saturated rings. The van der Waals surface area contributed by atoms with Crippen molar-refractivity contribution >= 4 is 23.7 Å². The molecule has 3 aromatic rings. The summed E-state index contributed by atoms with van der Waals surface area (Å²) in [4.78, 5) is 4.89. The number of thioether (sulfide) groups is 1. The van der Waals surface area contributed by atoms with Crippen LogP contribution in [0.2, 0.25) is 0 Å². The Kier molecular flexibility index (Phi) is 4.46. The van der Waals surface area contributed by atoms with Gasteiger partial charge in [0.25, 0.3) is 0 Å². The third-order valence-electron chi connectivity index (χ3n) is 4.88. The van der Waals surface area contributed by atoms with E-state index in [9.17, 15) is 0 Å². The molecule has 0 aliphatic carbocycles. The number of rotatable bonds is 4. The molecular formula is C23H21NS. The van der Waals surface area contributed by atoms with Gasteiger partial charge < -0.3 is 0 Å². The minimum atomic E-state index is -0.252. The first-order valence-corrected chi connectivity index (χ1v) is 9.78. The van der Waals surface area contributed by atoms with Gasteiger partial charge in [0.05, 0.1) is 16.4 Å². The van der Waals surface area contributed by atoms with Gasteiger partial charge in [-0.25, -0.2) is 0 Å². The summed E-state index contributed by atoms with van der Waals surface area (Å²) in [5, 5.41) is 0.302. The second kappa shape index (κ2) is 6.89. The Hall–Kier alpha value is -2.32. The van der Waals surface area contributed by atoms with E-state index in [1.807, 2.05) is 11.8 Å². The van der Waals surface area contributed by atoms with Crippen LogP contribution < -0.4 is 0 Å². The molecule has 0 spiro atoms. The van der Waals surface area contributed by atoms with Crippen LogP contribution in [0.1, 0.15) is 28.9 Å². The monoisotopic (exact) mass is 343 g/mol. The maximum atomic E-state index is 4.89. The van der Waals surface area contributed by atoms with Crippen molar-refractivity contribution in [3.05, 3.63) is 102 Å². The first kappa shape index (κ1) is 16.2. The van der Waals surface area contributed by atoms with Gasteiger partial charge in [0.1, 0.15) is 0 Å². The summed E-state index contributed by atoms with van der Waals surface area (Å²) in [5.41, 5.74) is 4.76. The second-order valence-corrected chi connectivity index (χ2v) is 7.64. The summed E-state index contributed by atoms with van der Waals surface area (Å²) in [6.45, 7) is 2.24. The molecule has 0 bridgehead atoms. The van der Waals surface area contributed by atoms with Crippen molar-refractivity contribution in [3.8, 4) is 0 Å². The van der Waals surface area contributed by atoms with Gasteiger partial charge in [-0.1, -0.05) is 85.8 Å². The molecule has 1 atom stereocenters. The van der Waals surface area contributed by atoms with Gasteiger partial charge in [-0.2, -0.15) is 11.8 Å². The average Bonchev–Trinajstić information content (AvgIpc) is 2.70. The average molecular weight is 343 g/mol. The highest BCUT2D eigenvalue weighted by atomic mass is 32.2. The Balaban J connectivity index is 2.01. The zero-order chi connectivity index (χ0) is 17.1. The lowest BCUT2D eigenvalue weighted by atomic mass is 9.69. The van der Waals surface area contributed by atoms with E-state index in [1.165, 1.54) is 16.7 Å². The minimum Gasteiger partial charge on any atom is -0.260 e. The molecule has 1 aliphatic rings. The molecule has 0 aromatic heterocycles. The van der Waals surface area contributed by atoms with Crippen LogP contribution in [0.25, 0.3) is 0 Å². The van der Waals surface area contributed by atoms with E-state index in [4.69, 9.17) is 4.99 Å². The van der Waals surface area contributed by atoms with Gasteiger partial charge in [0.15, 0.2) is 0 Å². The number of fused-ring (bicyclic) bond motifs is 1. The predicted molar refractivity (Wildman–Crippen MR) is 109 cm³/mol. The summed E-state index contributed by atoms with van der Waals surface area (Å²) in [6.07, 6.45) is 2.17. The lowest BCUT2D eigenvalue weighted by Gasteiger charge is -2.41. The highest BCUT2D eigenvalue weighted by molar-refractivity contribution is 7.99. The Labute approximate surface area is 153 Å². The summed E-state index contributed by atoms with van der Waals surface area (Å²) >= 11 is 2.00. The molecule has 4 rings (SSSR count). The molecular weight excluding hydrogens is 322 g/mol. The van der Waals surface area contributed by atoms with Crippen LogP contribution in [-0.2, 0) is 5.41 Å². The second-order valence-electron chi connectivity index (χ2n) is 6.25. The van der Waals surface area contributed by atoms with Gasteiger partial charge in [-0.3, -0.25) is 4.99 Å². The maximum Gasteiger partial charge on any atom is 0.0714 e. The third kappa shape index (κ3) is 2.71. The van der Waals surface area contributed by atoms with Crippen molar-refractivity contribution in [2.24, 2.45) is 4.99 Å². The summed E-state index contributed by atoms with van der Waals surface area (Å²) in [6, 6.07) is 30.2. The van der Waals surface area contributed by atoms with Crippen LogP contribution in [0.4, 0.5) is 5.69 Å². The highest BCUT2D eigenvalue weighted by Gasteiger charge is 2.44. The van der Waals surface area contributed by atoms with Gasteiger partial charge in [0, 0.05) is 6.21 Å². The van der Waals surface area contributed by atoms with Crippen molar-refractivity contribution in [1.82, 2.24) is 0 Å². The fourth-order valence-electron chi connectivity index (χ4n) is 3.75. The lowest BCUT2D eigenvalue weighted by Crippen LogP contribution is -2.37. The van der Waals surface area contributed by atoms with E-state index in [1.54, 1.807) is 0 Å². The summed E-state index contributed by atoms with van der Waals surface area (Å²) in [7, 11) is 0. The third-order valence-corrected chi connectivity index (χ3v) is 6.17. The van der Waals surface area contributed by atoms with E-state index >= 15 is 0 Å². The van der Waals surface area contributed by atoms with Crippen LogP contribution in [-0.4, -0.2) is 12.0 Å². The minimum absolute atomic E-state index is 0.252. The molecule has 0 radical (unpaired) electrons. The van der Waals surface area contributed by atoms with Crippen LogP contribution in [0.15, 0.2) is 89.9 Å². The first-order chi connectivity index (χ1) is 12.4. The smallest absolute Gasteiger partial charge is 0.0714 e. The zero-order valence-electron chi connectivity index (χ0n) is 14.3. The molecule has 0 amide bonds. The van der Waals surface area contributed by atoms with Gasteiger partial charge in [-0.05, 0) is 28.5 Å². The van der Waals surface area contributed by atoms with Gasteiger partial charge >= 0.3 is 0 Å². The molecule has 1 unspecified atom stereocenters. The highest BCUT2D eigenvalue weighted by Crippen LogP contribution is 2.53. The number of para-hydroxylation sites is 1. The molecule has 0 saturated carbocycles. The molecule has 2 heteroatoms. The topological polar surface area (TPSA) is 12.4 Å². The zero-order valence-corrected chi connectivity index (χ0v) is 15.1. The number of hydrogen-bond acceptors (Lipinski definition) is 2. The van der Waals surface area contributed by atoms with Gasteiger partial charge in [0.2, 0.25) is 0 Å². The largest absolute Gasteiger partial charge is 0.260 e. The molecule has 124 valence electrons. The van der Waals surface area contributed by atoms with Crippen LogP contribution >= 0.6 is 11.8 Å². The Morgan fingerprint density at radius 2 is 1.36 bits per heavy atom. The van der Waals surface area contributed by atoms with E-state index in [0.29, 0.717) is 5.25 Å². The van der Waals surface area contributed by atoms with E-state index in [0.717, 1.165) is 11.4 Å². The van der Waals surface area contributed by atoms with Crippen molar-refractivity contribution in [1.29, 1.82) is 0 Å². The fraction of sp³-hybridized carbons (Fsp3) is 0.174. The molecule has 25 heavy (non-hydrogen) atoms. The Bertz CT molecular complexity index is 831. The number of nitrogens with zero attached hydrogens (tertiary/aromatic N) is 1. The molecule has 1 nitrogen and oxygen atoms in total. The maximum absolute atomic E-state index is 4.89. The molecule has 1 heterocycles. The lowest BCUT2D eigenvalue weighted by molar-refractivity contribution is 0.669. The Morgan fingerprint density at radius 3 is 1.96 bits per heavy atom. The van der Waals surface area contributed by atoms with Crippen molar-refractivity contribution in [2.45, 2.75) is 17.6 Å². The molecule has 0 saturated heterocycles. The SMILES string of the molecule is CCSC1c2ccccc2N=CC1(c1ccccc1)c1ccccc1. The molecule has 1 aliphatic heterocycles. The quantitative estimate of drug-likeness (QED) is 0.551. The predicted octanol–water partition coefficient (Wildman–Crippen LogP) is 6.18. The van der Waals surface area contributed by atoms with E-state index in [-0.39, 0.29) is 5.41 Å². The van der Waals surface area contributed by atoms with Crippen molar-refractivity contribution in [2.75, 3.05) is 5.75 Å². The standard InChI is InChI=1S/C23H21NS/c1-2-25-22-20-15-9-10-16-21(20)24-17-23(22,18-11-5-3-6-12-18)19-13-7-4-8-14-19/h3-17,22H,2H2,1H3. The van der Waals surface area contributed by atoms with Crippen LogP contribution in [0, 0.1) is 0 Å².